The van der Waals surface area contributed by atoms with Gasteiger partial charge in [0.1, 0.15) is 17.6 Å². The minimum atomic E-state index is -2.73. The Bertz CT molecular complexity index is 1880. The van der Waals surface area contributed by atoms with Crippen LogP contribution >= 0.6 is 0 Å². The molecule has 0 bridgehead atoms. The average molecular weight is 841 g/mol. The number of hydrogen-bond acceptors (Lipinski definition) is 8. The van der Waals surface area contributed by atoms with Gasteiger partial charge in [-0.25, -0.2) is 4.79 Å². The number of allylic oxidation sites excluding steroid dienone is 1. The lowest BCUT2D eigenvalue weighted by Gasteiger charge is -2.43. The number of cyclic esters (lactones) is 1. The van der Waals surface area contributed by atoms with Gasteiger partial charge in [0.05, 0.1) is 25.7 Å². The molecule has 0 saturated heterocycles. The van der Waals surface area contributed by atoms with Gasteiger partial charge < -0.3 is 27.8 Å². The number of ether oxygens (including phenoxy) is 4. The van der Waals surface area contributed by atoms with Crippen LogP contribution in [0.5, 0.6) is 5.75 Å². The molecule has 0 spiro atoms. The molecule has 320 valence electrons. The summed E-state index contributed by atoms with van der Waals surface area (Å²) < 4.78 is 37.7. The third kappa shape index (κ3) is 11.3. The fraction of sp³-hybridized carbons (Fsp3) is 0.510. The van der Waals surface area contributed by atoms with Crippen molar-refractivity contribution >= 4 is 38.9 Å². The van der Waals surface area contributed by atoms with Crippen LogP contribution in [0, 0.1) is 17.8 Å². The van der Waals surface area contributed by atoms with E-state index in [0.717, 1.165) is 30.6 Å². The molecule has 5 rings (SSSR count). The Hall–Kier alpha value is -3.97. The highest BCUT2D eigenvalue weighted by molar-refractivity contribution is 6.99. The molecule has 59 heavy (non-hydrogen) atoms. The van der Waals surface area contributed by atoms with E-state index in [1.807, 2.05) is 18.2 Å². The summed E-state index contributed by atoms with van der Waals surface area (Å²) in [7, 11) is -3.45. The van der Waals surface area contributed by atoms with Crippen molar-refractivity contribution in [2.75, 3.05) is 13.7 Å². The van der Waals surface area contributed by atoms with Gasteiger partial charge in [-0.2, -0.15) is 0 Å². The summed E-state index contributed by atoms with van der Waals surface area (Å²) in [5.41, 5.74) is 1.17. The molecule has 0 N–H and O–H groups in total. The lowest BCUT2D eigenvalue weighted by molar-refractivity contribution is -0.206. The zero-order valence-corrected chi connectivity index (χ0v) is 39.6. The van der Waals surface area contributed by atoms with E-state index in [1.54, 1.807) is 19.9 Å². The average Bonchev–Trinajstić information content (AvgIpc) is 3.17. The third-order valence-corrected chi connectivity index (χ3v) is 22.0. The maximum atomic E-state index is 13.2. The second-order valence-corrected chi connectivity index (χ2v) is 28.6. The summed E-state index contributed by atoms with van der Waals surface area (Å²) in [4.78, 5) is 25.6. The molecule has 1 saturated carbocycles. The van der Waals surface area contributed by atoms with Gasteiger partial charge in [-0.1, -0.05) is 128 Å². The summed E-state index contributed by atoms with van der Waals surface area (Å²) in [6.07, 6.45) is 6.16. The molecule has 1 aliphatic carbocycles. The first-order valence-electron chi connectivity index (χ1n) is 21.2. The van der Waals surface area contributed by atoms with Crippen molar-refractivity contribution in [1.82, 2.24) is 0 Å². The Morgan fingerprint density at radius 3 is 1.98 bits per heavy atom. The third-order valence-electron chi connectivity index (χ3n) is 12.5. The molecule has 10 heteroatoms. The standard InChI is InChI=1S/C49H68O8Si2/c1-35-23-28-41(37(31-35)34-53-58(11,12)47(2,3)4)43(29-30-44-42(32-45(50)52-10)46(51)57-49(8,9)56-44)55-38-26-24-36(25-27-38)33-54-59(48(5,6)7,39-19-15-13-16-20-39)40-21-17-14-18-22-40/h13-22,24-27,29-30,35,37,41,43H,23,28,31-34H2,1-12H3/b30-29+/t35-,37+,41-,43-/m1/s1. The van der Waals surface area contributed by atoms with Crippen LogP contribution in [0.3, 0.4) is 0 Å². The quantitative estimate of drug-likeness (QED) is 0.110. The van der Waals surface area contributed by atoms with E-state index in [-0.39, 0.29) is 45.8 Å². The highest BCUT2D eigenvalue weighted by Crippen LogP contribution is 2.42. The first kappa shape index (κ1) is 46.1. The van der Waals surface area contributed by atoms with Crippen LogP contribution in [-0.2, 0) is 39.3 Å². The maximum Gasteiger partial charge on any atom is 0.341 e. The van der Waals surface area contributed by atoms with Crippen LogP contribution < -0.4 is 15.1 Å². The molecule has 1 fully saturated rings. The molecule has 1 aliphatic heterocycles. The summed E-state index contributed by atoms with van der Waals surface area (Å²) in [6.45, 7) is 25.1. The minimum Gasteiger partial charge on any atom is -0.486 e. The number of carbonyl (C=O) groups is 2. The molecule has 2 aliphatic rings. The van der Waals surface area contributed by atoms with E-state index < -0.39 is 34.4 Å². The summed E-state index contributed by atoms with van der Waals surface area (Å²) in [6, 6.07) is 29.6. The molecule has 8 nitrogen and oxygen atoms in total. The topological polar surface area (TPSA) is 89.5 Å². The van der Waals surface area contributed by atoms with E-state index in [9.17, 15) is 9.59 Å². The van der Waals surface area contributed by atoms with Crippen LogP contribution in [0.1, 0.15) is 93.6 Å². The SMILES string of the molecule is COC(=O)CC1=C(/C=C/[C@@H](Oc2ccc(CO[Si](c3ccccc3)(c3ccccc3)C(C)(C)C)cc2)[C@@H]2CC[C@@H](C)C[C@H]2CO[Si](C)(C)C(C)(C)C)OC(C)(C)OC1=O. The van der Waals surface area contributed by atoms with E-state index in [1.165, 1.54) is 17.5 Å². The highest BCUT2D eigenvalue weighted by atomic mass is 28.4. The Morgan fingerprint density at radius 1 is 0.847 bits per heavy atom. The number of benzene rings is 3. The normalized spacial score (nSPS) is 20.8. The van der Waals surface area contributed by atoms with Crippen molar-refractivity contribution in [1.29, 1.82) is 0 Å². The Morgan fingerprint density at radius 2 is 1.44 bits per heavy atom. The first-order valence-corrected chi connectivity index (χ1v) is 26.0. The smallest absolute Gasteiger partial charge is 0.341 e. The predicted octanol–water partition coefficient (Wildman–Crippen LogP) is 10.3. The van der Waals surface area contributed by atoms with Gasteiger partial charge >= 0.3 is 11.9 Å². The van der Waals surface area contributed by atoms with Crippen molar-refractivity contribution in [2.24, 2.45) is 17.8 Å². The number of methoxy groups -OCH3 is 1. The predicted molar refractivity (Wildman–Crippen MR) is 240 cm³/mol. The van der Waals surface area contributed by atoms with Crippen molar-refractivity contribution in [2.45, 2.75) is 130 Å². The summed E-state index contributed by atoms with van der Waals surface area (Å²) >= 11 is 0. The van der Waals surface area contributed by atoms with Crippen molar-refractivity contribution in [3.63, 3.8) is 0 Å². The number of rotatable bonds is 15. The molecule has 0 unspecified atom stereocenters. The van der Waals surface area contributed by atoms with Crippen LogP contribution in [0.2, 0.25) is 23.2 Å². The molecule has 0 aromatic heterocycles. The number of hydrogen-bond donors (Lipinski definition) is 0. The van der Waals surface area contributed by atoms with Crippen LogP contribution in [0.15, 0.2) is 108 Å². The lowest BCUT2D eigenvalue weighted by Crippen LogP contribution is -2.66. The fourth-order valence-corrected chi connectivity index (χ4v) is 13.7. The second-order valence-electron chi connectivity index (χ2n) is 19.4. The molecular weight excluding hydrogens is 773 g/mol. The molecule has 0 radical (unpaired) electrons. The van der Waals surface area contributed by atoms with Gasteiger partial charge in [0, 0.05) is 26.4 Å². The fourth-order valence-electron chi connectivity index (χ4n) is 8.15. The van der Waals surface area contributed by atoms with Gasteiger partial charge in [-0.3, -0.25) is 4.79 Å². The lowest BCUT2D eigenvalue weighted by atomic mass is 9.72. The van der Waals surface area contributed by atoms with Crippen LogP contribution in [0.25, 0.3) is 0 Å². The second kappa shape index (κ2) is 18.7. The van der Waals surface area contributed by atoms with Gasteiger partial charge in [0.15, 0.2) is 8.32 Å². The Balaban J connectivity index is 1.48. The van der Waals surface area contributed by atoms with Crippen molar-refractivity contribution < 1.29 is 37.4 Å². The van der Waals surface area contributed by atoms with E-state index >= 15 is 0 Å². The number of carbonyl (C=O) groups excluding carboxylic acids is 2. The van der Waals surface area contributed by atoms with E-state index in [0.29, 0.717) is 19.1 Å². The highest BCUT2D eigenvalue weighted by Gasteiger charge is 2.50. The zero-order chi connectivity index (χ0) is 43.2. The van der Waals surface area contributed by atoms with Gasteiger partial charge in [-0.15, -0.1) is 0 Å². The van der Waals surface area contributed by atoms with Crippen molar-refractivity contribution in [3.8, 4) is 5.75 Å². The van der Waals surface area contributed by atoms with E-state index in [4.69, 9.17) is 27.8 Å². The summed E-state index contributed by atoms with van der Waals surface area (Å²) in [5, 5.41) is 2.43. The zero-order valence-electron chi connectivity index (χ0n) is 37.6. The number of esters is 2. The molecule has 1 heterocycles. The monoisotopic (exact) mass is 840 g/mol. The van der Waals surface area contributed by atoms with Gasteiger partial charge in [0.2, 0.25) is 5.79 Å². The summed E-state index contributed by atoms with van der Waals surface area (Å²) in [5.74, 6) is -0.431. The largest absolute Gasteiger partial charge is 0.486 e. The minimum absolute atomic E-state index is 0.0868. The van der Waals surface area contributed by atoms with E-state index in [2.05, 4.69) is 134 Å². The Labute approximate surface area is 355 Å². The first-order chi connectivity index (χ1) is 27.7. The molecule has 4 atom stereocenters. The Kier molecular flexibility index (Phi) is 14.7. The molecule has 3 aromatic rings. The van der Waals surface area contributed by atoms with Gasteiger partial charge in [-0.05, 0) is 88.1 Å². The van der Waals surface area contributed by atoms with Crippen molar-refractivity contribution in [3.05, 3.63) is 114 Å². The maximum absolute atomic E-state index is 13.2. The van der Waals surface area contributed by atoms with Gasteiger partial charge in [0.25, 0.3) is 8.32 Å². The molecular formula is C49H68O8Si2. The van der Waals surface area contributed by atoms with Crippen LogP contribution in [-0.4, -0.2) is 54.2 Å². The van der Waals surface area contributed by atoms with Crippen LogP contribution in [0.4, 0.5) is 0 Å². The molecule has 3 aromatic carbocycles. The molecule has 0 amide bonds.